The third-order valence-electron chi connectivity index (χ3n) is 2.49. The van der Waals surface area contributed by atoms with Crippen LogP contribution < -0.4 is 0 Å². The predicted octanol–water partition coefficient (Wildman–Crippen LogP) is 2.50. The summed E-state index contributed by atoms with van der Waals surface area (Å²) >= 11 is 0. The van der Waals surface area contributed by atoms with E-state index in [-0.39, 0.29) is 12.4 Å². The first-order valence-electron chi connectivity index (χ1n) is 4.69. The van der Waals surface area contributed by atoms with Crippen LogP contribution in [0.15, 0.2) is 24.3 Å². The fraction of sp³-hybridized carbons (Fsp3) is 0.455. The molecule has 2 rings (SSSR count). The first kappa shape index (κ1) is 9.59. The molecule has 0 bridgehead atoms. The summed E-state index contributed by atoms with van der Waals surface area (Å²) in [6.45, 7) is 0.641. The van der Waals surface area contributed by atoms with Crippen LogP contribution in [0, 0.1) is 5.82 Å². The molecule has 1 fully saturated rings. The van der Waals surface area contributed by atoms with Crippen molar-refractivity contribution in [2.45, 2.75) is 18.5 Å². The lowest BCUT2D eigenvalue weighted by molar-refractivity contribution is 0.112. The van der Waals surface area contributed by atoms with Gasteiger partial charge in [-0.25, -0.2) is 8.78 Å². The average Bonchev–Trinajstić information content (AvgIpc) is 2.57. The van der Waals surface area contributed by atoms with Crippen molar-refractivity contribution in [1.29, 1.82) is 0 Å². The number of benzene rings is 1. The van der Waals surface area contributed by atoms with E-state index >= 15 is 0 Å². The zero-order valence-corrected chi connectivity index (χ0v) is 7.80. The molecule has 3 heteroatoms. The Balaban J connectivity index is 2.06. The quantitative estimate of drug-likeness (QED) is 0.709. The molecule has 1 aliphatic heterocycles. The zero-order valence-electron chi connectivity index (χ0n) is 7.80. The van der Waals surface area contributed by atoms with Gasteiger partial charge in [-0.05, 0) is 17.7 Å². The van der Waals surface area contributed by atoms with Crippen molar-refractivity contribution in [2.75, 3.05) is 13.2 Å². The van der Waals surface area contributed by atoms with Crippen LogP contribution in [0.25, 0.3) is 0 Å². The first-order valence-corrected chi connectivity index (χ1v) is 4.69. The van der Waals surface area contributed by atoms with Gasteiger partial charge in [-0.1, -0.05) is 12.1 Å². The number of hydrogen-bond donors (Lipinski definition) is 0. The smallest absolute Gasteiger partial charge is 0.140 e. The fourth-order valence-corrected chi connectivity index (χ4v) is 1.69. The summed E-state index contributed by atoms with van der Waals surface area (Å²) in [4.78, 5) is 0. The SMILES string of the molecule is Fc1ccc(CC2(F)CCOC2)cc1. The van der Waals surface area contributed by atoms with Gasteiger partial charge in [-0.3, -0.25) is 0 Å². The topological polar surface area (TPSA) is 9.23 Å². The molecule has 14 heavy (non-hydrogen) atoms. The highest BCUT2D eigenvalue weighted by atomic mass is 19.1. The van der Waals surface area contributed by atoms with Crippen molar-refractivity contribution in [3.63, 3.8) is 0 Å². The van der Waals surface area contributed by atoms with Crippen LogP contribution in [0.4, 0.5) is 8.78 Å². The average molecular weight is 198 g/mol. The Morgan fingerprint density at radius 1 is 1.29 bits per heavy atom. The Kier molecular flexibility index (Phi) is 2.50. The molecule has 1 saturated heterocycles. The molecule has 1 aromatic carbocycles. The molecule has 0 saturated carbocycles. The molecule has 1 nitrogen and oxygen atoms in total. The predicted molar refractivity (Wildman–Crippen MR) is 49.4 cm³/mol. The van der Waals surface area contributed by atoms with Crippen molar-refractivity contribution in [2.24, 2.45) is 0 Å². The van der Waals surface area contributed by atoms with Crippen molar-refractivity contribution in [3.8, 4) is 0 Å². The highest BCUT2D eigenvalue weighted by Gasteiger charge is 2.34. The molecule has 0 amide bonds. The third-order valence-corrected chi connectivity index (χ3v) is 2.49. The Morgan fingerprint density at radius 2 is 2.00 bits per heavy atom. The summed E-state index contributed by atoms with van der Waals surface area (Å²) in [6.07, 6.45) is 0.748. The van der Waals surface area contributed by atoms with Gasteiger partial charge in [0.1, 0.15) is 11.5 Å². The summed E-state index contributed by atoms with van der Waals surface area (Å²) in [6, 6.07) is 5.95. The third kappa shape index (κ3) is 2.10. The van der Waals surface area contributed by atoms with E-state index in [0.717, 1.165) is 5.56 Å². The first-order chi connectivity index (χ1) is 6.68. The van der Waals surface area contributed by atoms with Gasteiger partial charge in [-0.2, -0.15) is 0 Å². The van der Waals surface area contributed by atoms with E-state index in [1.807, 2.05) is 0 Å². The molecule has 0 radical (unpaired) electrons. The number of halogens is 2. The van der Waals surface area contributed by atoms with Crippen LogP contribution in [-0.2, 0) is 11.2 Å². The van der Waals surface area contributed by atoms with E-state index in [0.29, 0.717) is 19.4 Å². The van der Waals surface area contributed by atoms with E-state index in [2.05, 4.69) is 0 Å². The Labute approximate surface area is 81.7 Å². The van der Waals surface area contributed by atoms with E-state index in [1.165, 1.54) is 12.1 Å². The maximum Gasteiger partial charge on any atom is 0.140 e. The molecule has 1 unspecified atom stereocenters. The summed E-state index contributed by atoms with van der Waals surface area (Å²) in [5.41, 5.74) is -0.433. The monoisotopic (exact) mass is 198 g/mol. The van der Waals surface area contributed by atoms with Gasteiger partial charge >= 0.3 is 0 Å². The summed E-state index contributed by atoms with van der Waals surface area (Å²) in [5, 5.41) is 0. The molecule has 1 aliphatic rings. The second-order valence-corrected chi connectivity index (χ2v) is 3.76. The Bertz CT molecular complexity index is 302. The number of hydrogen-bond acceptors (Lipinski definition) is 1. The normalized spacial score (nSPS) is 26.7. The number of rotatable bonds is 2. The van der Waals surface area contributed by atoms with Crippen molar-refractivity contribution < 1.29 is 13.5 Å². The maximum atomic E-state index is 13.9. The van der Waals surface area contributed by atoms with Crippen LogP contribution >= 0.6 is 0 Å². The Hall–Kier alpha value is -0.960. The minimum atomic E-state index is -1.25. The summed E-state index contributed by atoms with van der Waals surface area (Å²) in [5.74, 6) is -0.288. The van der Waals surface area contributed by atoms with Crippen LogP contribution in [0.5, 0.6) is 0 Å². The molecule has 0 spiro atoms. The molecule has 0 N–H and O–H groups in total. The van der Waals surface area contributed by atoms with Crippen LogP contribution in [-0.4, -0.2) is 18.9 Å². The van der Waals surface area contributed by atoms with Gasteiger partial charge in [0.2, 0.25) is 0 Å². The molecule has 1 aromatic rings. The largest absolute Gasteiger partial charge is 0.378 e. The maximum absolute atomic E-state index is 13.9. The van der Waals surface area contributed by atoms with Gasteiger partial charge in [0.15, 0.2) is 0 Å². The molecular formula is C11H12F2O. The van der Waals surface area contributed by atoms with Gasteiger partial charge in [0, 0.05) is 19.4 Å². The lowest BCUT2D eigenvalue weighted by Crippen LogP contribution is -2.25. The highest BCUT2D eigenvalue weighted by Crippen LogP contribution is 2.27. The lowest BCUT2D eigenvalue weighted by atomic mass is 9.96. The molecule has 1 heterocycles. The van der Waals surface area contributed by atoms with Gasteiger partial charge in [-0.15, -0.1) is 0 Å². The highest BCUT2D eigenvalue weighted by molar-refractivity contribution is 5.18. The van der Waals surface area contributed by atoms with Crippen LogP contribution in [0.1, 0.15) is 12.0 Å². The van der Waals surface area contributed by atoms with Crippen molar-refractivity contribution in [1.82, 2.24) is 0 Å². The second-order valence-electron chi connectivity index (χ2n) is 3.76. The van der Waals surface area contributed by atoms with E-state index < -0.39 is 5.67 Å². The van der Waals surface area contributed by atoms with Crippen molar-refractivity contribution >= 4 is 0 Å². The van der Waals surface area contributed by atoms with Gasteiger partial charge < -0.3 is 4.74 Å². The van der Waals surface area contributed by atoms with Gasteiger partial charge in [0.25, 0.3) is 0 Å². The number of alkyl halides is 1. The summed E-state index contributed by atoms with van der Waals surface area (Å²) in [7, 11) is 0. The fourth-order valence-electron chi connectivity index (χ4n) is 1.69. The van der Waals surface area contributed by atoms with Gasteiger partial charge in [0.05, 0.1) is 6.61 Å². The minimum absolute atomic E-state index is 0.157. The van der Waals surface area contributed by atoms with E-state index in [4.69, 9.17) is 4.74 Å². The molecule has 0 aromatic heterocycles. The molecular weight excluding hydrogens is 186 g/mol. The number of ether oxygens (including phenoxy) is 1. The van der Waals surface area contributed by atoms with Crippen LogP contribution in [0.2, 0.25) is 0 Å². The lowest BCUT2D eigenvalue weighted by Gasteiger charge is -2.16. The standard InChI is InChI=1S/C11H12F2O/c12-10-3-1-9(2-4-10)7-11(13)5-6-14-8-11/h1-4H,5-8H2. The zero-order chi connectivity index (χ0) is 10.0. The molecule has 0 aliphatic carbocycles. The summed E-state index contributed by atoms with van der Waals surface area (Å²) < 4.78 is 31.5. The second kappa shape index (κ2) is 3.65. The van der Waals surface area contributed by atoms with E-state index in [9.17, 15) is 8.78 Å². The van der Waals surface area contributed by atoms with Crippen LogP contribution in [0.3, 0.4) is 0 Å². The minimum Gasteiger partial charge on any atom is -0.378 e. The van der Waals surface area contributed by atoms with E-state index in [1.54, 1.807) is 12.1 Å². The Morgan fingerprint density at radius 3 is 2.57 bits per heavy atom. The van der Waals surface area contributed by atoms with Crippen molar-refractivity contribution in [3.05, 3.63) is 35.6 Å². The molecule has 76 valence electrons. The molecule has 1 atom stereocenters.